The molecule has 142 valence electrons. The van der Waals surface area contributed by atoms with Crippen LogP contribution in [0.3, 0.4) is 0 Å². The molecule has 0 unspecified atom stereocenters. The molecule has 0 radical (unpaired) electrons. The van der Waals surface area contributed by atoms with Gasteiger partial charge in [-0.2, -0.15) is 0 Å². The molecule has 2 fully saturated rings. The lowest BCUT2D eigenvalue weighted by Crippen LogP contribution is -2.53. The maximum absolute atomic E-state index is 12.8. The highest BCUT2D eigenvalue weighted by Gasteiger charge is 2.47. The first-order valence-corrected chi connectivity index (χ1v) is 10.8. The summed E-state index contributed by atoms with van der Waals surface area (Å²) in [6, 6.07) is 3.77. The van der Waals surface area contributed by atoms with E-state index in [9.17, 15) is 14.4 Å². The van der Waals surface area contributed by atoms with Crippen LogP contribution >= 0.6 is 23.1 Å². The zero-order valence-electron chi connectivity index (χ0n) is 14.9. The fourth-order valence-electron chi connectivity index (χ4n) is 3.55. The minimum atomic E-state index is -0.326. The van der Waals surface area contributed by atoms with Crippen LogP contribution in [0.4, 0.5) is 0 Å². The average Bonchev–Trinajstić information content (AvgIpc) is 3.31. The lowest BCUT2D eigenvalue weighted by Gasteiger charge is -2.44. The molecule has 26 heavy (non-hydrogen) atoms. The lowest BCUT2D eigenvalue weighted by molar-refractivity contribution is -0.146. The quantitative estimate of drug-likeness (QED) is 0.716. The Bertz CT molecular complexity index is 654. The van der Waals surface area contributed by atoms with Gasteiger partial charge in [-0.3, -0.25) is 14.4 Å². The molecule has 2 aliphatic heterocycles. The highest BCUT2D eigenvalue weighted by molar-refractivity contribution is 8.00. The number of carbonyl (C=O) groups is 3. The van der Waals surface area contributed by atoms with Gasteiger partial charge in [-0.1, -0.05) is 6.07 Å². The molecule has 0 bridgehead atoms. The van der Waals surface area contributed by atoms with Gasteiger partial charge in [-0.05, 0) is 31.2 Å². The molecular weight excluding hydrogens is 372 g/mol. The second-order valence-electron chi connectivity index (χ2n) is 6.41. The number of nitrogens with zero attached hydrogens (tertiary/aromatic N) is 2. The third-order valence-corrected chi connectivity index (χ3v) is 7.31. The zero-order chi connectivity index (χ0) is 18.6. The van der Waals surface area contributed by atoms with Gasteiger partial charge in [0.05, 0.1) is 22.8 Å². The van der Waals surface area contributed by atoms with Crippen LogP contribution < -0.4 is 0 Å². The van der Waals surface area contributed by atoms with E-state index < -0.39 is 0 Å². The first-order chi connectivity index (χ1) is 12.6. The molecule has 1 aromatic heterocycles. The third kappa shape index (κ3) is 4.06. The summed E-state index contributed by atoms with van der Waals surface area (Å²) in [4.78, 5) is 41.0. The van der Waals surface area contributed by atoms with Crippen LogP contribution in [0.15, 0.2) is 17.5 Å². The van der Waals surface area contributed by atoms with E-state index in [0.29, 0.717) is 19.7 Å². The number of amides is 2. The maximum Gasteiger partial charge on any atom is 0.306 e. The monoisotopic (exact) mass is 396 g/mol. The Morgan fingerprint density at radius 2 is 1.96 bits per heavy atom. The molecule has 3 heterocycles. The Morgan fingerprint density at radius 3 is 2.62 bits per heavy atom. The number of likely N-dealkylation sites (tertiary alicyclic amines) is 1. The lowest BCUT2D eigenvalue weighted by atomic mass is 10.0. The largest absolute Gasteiger partial charge is 0.466 e. The molecule has 6 nitrogen and oxygen atoms in total. The molecule has 1 aromatic rings. The molecule has 0 N–H and O–H groups in total. The summed E-state index contributed by atoms with van der Waals surface area (Å²) in [5.74, 6) is 0.709. The van der Waals surface area contributed by atoms with Gasteiger partial charge in [-0.25, -0.2) is 0 Å². The fourth-order valence-corrected chi connectivity index (χ4v) is 5.68. The third-order valence-electron chi connectivity index (χ3n) is 4.90. The number of hydrogen-bond donors (Lipinski definition) is 0. The predicted molar refractivity (Wildman–Crippen MR) is 102 cm³/mol. The topological polar surface area (TPSA) is 66.9 Å². The van der Waals surface area contributed by atoms with E-state index in [4.69, 9.17) is 4.74 Å². The molecular formula is C18H24N2O4S2. The van der Waals surface area contributed by atoms with Gasteiger partial charge < -0.3 is 14.5 Å². The van der Waals surface area contributed by atoms with Gasteiger partial charge in [0.1, 0.15) is 0 Å². The minimum Gasteiger partial charge on any atom is -0.466 e. The number of carbonyl (C=O) groups excluding carboxylic acids is 3. The van der Waals surface area contributed by atoms with Gasteiger partial charge in [0.2, 0.25) is 5.91 Å². The van der Waals surface area contributed by atoms with Crippen molar-refractivity contribution in [2.45, 2.75) is 37.5 Å². The molecule has 0 aromatic carbocycles. The highest BCUT2D eigenvalue weighted by atomic mass is 32.2. The number of rotatable bonds is 5. The standard InChI is InChI=1S/C18H24N2O4S2/c1-2-24-16(22)6-5-15(21)19-9-7-18(8-10-19)20(11-13-26-18)17(23)14-4-3-12-25-14/h3-4,12H,2,5-11,13H2,1H3. The molecule has 3 rings (SSSR count). The Balaban J connectivity index is 1.56. The summed E-state index contributed by atoms with van der Waals surface area (Å²) >= 11 is 3.31. The predicted octanol–water partition coefficient (Wildman–Crippen LogP) is 2.60. The van der Waals surface area contributed by atoms with Crippen LogP contribution in [0.2, 0.25) is 0 Å². The number of hydrogen-bond acceptors (Lipinski definition) is 6. The number of thioether (sulfide) groups is 1. The van der Waals surface area contributed by atoms with Crippen molar-refractivity contribution < 1.29 is 19.1 Å². The van der Waals surface area contributed by atoms with Crippen LogP contribution in [0.5, 0.6) is 0 Å². The Kier molecular flexibility index (Phi) is 6.24. The van der Waals surface area contributed by atoms with Crippen LogP contribution in [0, 0.1) is 0 Å². The van der Waals surface area contributed by atoms with E-state index in [-0.39, 0.29) is 35.5 Å². The Hall–Kier alpha value is -1.54. The van der Waals surface area contributed by atoms with Gasteiger partial charge in [0, 0.05) is 31.8 Å². The SMILES string of the molecule is CCOC(=O)CCC(=O)N1CCC2(CC1)SCCN2C(=O)c1cccs1. The van der Waals surface area contributed by atoms with Crippen LogP contribution in [-0.4, -0.2) is 64.4 Å². The minimum absolute atomic E-state index is 0.00738. The molecule has 2 saturated heterocycles. The highest BCUT2D eigenvalue weighted by Crippen LogP contribution is 2.44. The second-order valence-corrected chi connectivity index (χ2v) is 8.82. The smallest absolute Gasteiger partial charge is 0.306 e. The number of esters is 1. The molecule has 1 spiro atoms. The molecule has 8 heteroatoms. The molecule has 0 saturated carbocycles. The van der Waals surface area contributed by atoms with Crippen LogP contribution in [0.1, 0.15) is 42.3 Å². The number of ether oxygens (including phenoxy) is 1. The first kappa shape index (κ1) is 19.2. The molecule has 0 atom stereocenters. The van der Waals surface area contributed by atoms with Crippen molar-refractivity contribution in [3.63, 3.8) is 0 Å². The van der Waals surface area contributed by atoms with E-state index in [0.717, 1.165) is 30.0 Å². The van der Waals surface area contributed by atoms with Gasteiger partial charge >= 0.3 is 5.97 Å². The maximum atomic E-state index is 12.8. The average molecular weight is 397 g/mol. The van der Waals surface area contributed by atoms with Gasteiger partial charge in [0.15, 0.2) is 0 Å². The van der Waals surface area contributed by atoms with E-state index in [1.54, 1.807) is 6.92 Å². The zero-order valence-corrected chi connectivity index (χ0v) is 16.6. The fraction of sp³-hybridized carbons (Fsp3) is 0.611. The van der Waals surface area contributed by atoms with E-state index >= 15 is 0 Å². The van der Waals surface area contributed by atoms with Crippen LogP contribution in [0.25, 0.3) is 0 Å². The molecule has 2 amide bonds. The Labute approximate surface area is 161 Å². The molecule has 2 aliphatic rings. The van der Waals surface area contributed by atoms with E-state index in [2.05, 4.69) is 0 Å². The van der Waals surface area contributed by atoms with Crippen LogP contribution in [-0.2, 0) is 14.3 Å². The van der Waals surface area contributed by atoms with Gasteiger partial charge in [-0.15, -0.1) is 23.1 Å². The number of thiophene rings is 1. The number of piperidine rings is 1. The summed E-state index contributed by atoms with van der Waals surface area (Å²) in [6.45, 7) is 4.11. The normalized spacial score (nSPS) is 19.0. The Morgan fingerprint density at radius 1 is 1.19 bits per heavy atom. The van der Waals surface area contributed by atoms with Crippen molar-refractivity contribution in [1.82, 2.24) is 9.80 Å². The van der Waals surface area contributed by atoms with Crippen molar-refractivity contribution >= 4 is 40.9 Å². The van der Waals surface area contributed by atoms with Crippen molar-refractivity contribution in [1.29, 1.82) is 0 Å². The summed E-state index contributed by atoms with van der Waals surface area (Å²) in [5.41, 5.74) is 0. The van der Waals surface area contributed by atoms with Crippen molar-refractivity contribution in [3.05, 3.63) is 22.4 Å². The second kappa shape index (κ2) is 8.43. The summed E-state index contributed by atoms with van der Waals surface area (Å²) in [5, 5.41) is 1.92. The van der Waals surface area contributed by atoms with Gasteiger partial charge in [0.25, 0.3) is 5.91 Å². The summed E-state index contributed by atoms with van der Waals surface area (Å²) in [7, 11) is 0. The first-order valence-electron chi connectivity index (χ1n) is 8.98. The molecule has 0 aliphatic carbocycles. The van der Waals surface area contributed by atoms with Crippen molar-refractivity contribution in [2.24, 2.45) is 0 Å². The summed E-state index contributed by atoms with van der Waals surface area (Å²) in [6.07, 6.45) is 1.88. The van der Waals surface area contributed by atoms with E-state index in [1.807, 2.05) is 39.1 Å². The van der Waals surface area contributed by atoms with Crippen molar-refractivity contribution in [3.8, 4) is 0 Å². The summed E-state index contributed by atoms with van der Waals surface area (Å²) < 4.78 is 4.88. The van der Waals surface area contributed by atoms with E-state index in [1.165, 1.54) is 11.3 Å². The van der Waals surface area contributed by atoms with Crippen molar-refractivity contribution in [2.75, 3.05) is 32.0 Å².